The summed E-state index contributed by atoms with van der Waals surface area (Å²) in [5.41, 5.74) is 6.96. The maximum Gasteiger partial charge on any atom is 0.342 e. The Morgan fingerprint density at radius 3 is 2.23 bits per heavy atom. The number of nitrogen functional groups attached to an aromatic ring is 1. The monoisotopic (exact) mass is 798 g/mol. The molecule has 0 spiro atoms. The Morgan fingerprint density at radius 2 is 1.54 bits per heavy atom. The van der Waals surface area contributed by atoms with Gasteiger partial charge < -0.3 is 29.0 Å². The van der Waals surface area contributed by atoms with E-state index in [0.717, 1.165) is 44.9 Å². The van der Waals surface area contributed by atoms with Crippen molar-refractivity contribution in [3.63, 3.8) is 0 Å². The minimum atomic E-state index is -3.93. The number of ether oxygens (including phenoxy) is 3. The summed E-state index contributed by atoms with van der Waals surface area (Å²) in [6.07, 6.45) is 24.0. The number of anilines is 1. The summed E-state index contributed by atoms with van der Waals surface area (Å²) < 4.78 is 39.6. The Kier molecular flexibility index (Phi) is 21.8. The van der Waals surface area contributed by atoms with E-state index in [4.69, 9.17) is 24.5 Å². The summed E-state index contributed by atoms with van der Waals surface area (Å²) >= 11 is 0. The molecule has 3 atom stereocenters. The van der Waals surface area contributed by atoms with Crippen LogP contribution in [0.2, 0.25) is 0 Å². The molecule has 13 nitrogen and oxygen atoms in total. The second-order valence-corrected chi connectivity index (χ2v) is 16.9. The standard InChI is InChI=1S/C42H67N6O7P/c1-6-8-10-11-12-13-14-15-16-17-18-19-20-21-22-26-37(49)54-35-24-23-25-36(28-35)55-56(51,47-38(33(3)4)42(50)52-27-9-7-2)32-53-34(5)29-48-31-46-39-40(43)44-30-45-41(39)48/h15-16,23-25,28,30-31,33-34,38H,6-14,17-22,26-27,29,32H2,1-5H3,(H,47,51)(H2,43,44,45)/b16-15-/t34-,38+,56?/m1/s1. The normalized spacial score (nSPS) is 13.9. The number of nitrogens with one attached hydrogen (secondary N) is 1. The lowest BCUT2D eigenvalue weighted by Crippen LogP contribution is -2.42. The lowest BCUT2D eigenvalue weighted by Gasteiger charge is -2.28. The van der Waals surface area contributed by atoms with Crippen molar-refractivity contribution < 1.29 is 32.9 Å². The number of nitrogens with zero attached hydrogens (tertiary/aromatic N) is 4. The molecule has 0 saturated carbocycles. The number of carbonyl (C=O) groups is 2. The fraction of sp³-hybridized carbons (Fsp3) is 0.643. The summed E-state index contributed by atoms with van der Waals surface area (Å²) in [6.45, 7) is 10.3. The SMILES string of the molecule is CCCCCCCC/C=C\CCCCCCCC(=O)Oc1cccc(OP(=O)(CO[C@H](C)Cn2cnc3c(N)ncnc32)N[C@H](C(=O)OCCCC)C(C)C)c1. The van der Waals surface area contributed by atoms with Gasteiger partial charge in [-0.3, -0.25) is 14.2 Å². The molecule has 0 bridgehead atoms. The van der Waals surface area contributed by atoms with Crippen LogP contribution < -0.4 is 20.1 Å². The zero-order chi connectivity index (χ0) is 40.6. The second-order valence-electron chi connectivity index (χ2n) is 14.9. The van der Waals surface area contributed by atoms with E-state index < -0.39 is 25.6 Å². The number of carbonyl (C=O) groups excluding carboxylic acids is 2. The van der Waals surface area contributed by atoms with Crippen molar-refractivity contribution >= 4 is 36.4 Å². The first-order valence-electron chi connectivity index (χ1n) is 20.8. The first-order valence-corrected chi connectivity index (χ1v) is 22.6. The highest BCUT2D eigenvalue weighted by Crippen LogP contribution is 2.45. The van der Waals surface area contributed by atoms with Crippen molar-refractivity contribution in [2.75, 3.05) is 18.7 Å². The number of hydrogen-bond donors (Lipinski definition) is 2. The Hall–Kier alpha value is -3.80. The molecule has 1 unspecified atom stereocenters. The molecule has 3 N–H and O–H groups in total. The molecule has 1 aromatic carbocycles. The summed E-state index contributed by atoms with van der Waals surface area (Å²) in [5, 5.41) is 2.95. The van der Waals surface area contributed by atoms with Crippen molar-refractivity contribution in [2.24, 2.45) is 5.92 Å². The molecule has 0 aliphatic rings. The number of aromatic nitrogens is 4. The third-order valence-corrected chi connectivity index (χ3v) is 11.0. The number of hydrogen-bond acceptors (Lipinski definition) is 11. The molecule has 3 rings (SSSR count). The Bertz CT molecular complexity index is 1670. The second kappa shape index (κ2) is 26.2. The maximum absolute atomic E-state index is 14.6. The fourth-order valence-electron chi connectivity index (χ4n) is 6.06. The highest BCUT2D eigenvalue weighted by atomic mass is 31.2. The largest absolute Gasteiger partial charge is 0.465 e. The predicted octanol–water partition coefficient (Wildman–Crippen LogP) is 9.94. The predicted molar refractivity (Wildman–Crippen MR) is 223 cm³/mol. The van der Waals surface area contributed by atoms with Gasteiger partial charge in [0.05, 0.1) is 25.6 Å². The molecular weight excluding hydrogens is 731 g/mol. The first-order chi connectivity index (χ1) is 27.0. The molecule has 0 saturated heterocycles. The van der Waals surface area contributed by atoms with Gasteiger partial charge in [0.15, 0.2) is 11.5 Å². The number of nitrogens with two attached hydrogens (primary N) is 1. The highest BCUT2D eigenvalue weighted by molar-refractivity contribution is 7.57. The number of imidazole rings is 1. The van der Waals surface area contributed by atoms with E-state index in [2.05, 4.69) is 39.1 Å². The van der Waals surface area contributed by atoms with Crippen LogP contribution in [0.3, 0.4) is 0 Å². The van der Waals surface area contributed by atoms with Crippen LogP contribution in [0.4, 0.5) is 5.82 Å². The Balaban J connectivity index is 1.53. The van der Waals surface area contributed by atoms with Gasteiger partial charge in [0, 0.05) is 12.5 Å². The average molecular weight is 799 g/mol. The maximum atomic E-state index is 14.6. The van der Waals surface area contributed by atoms with Crippen molar-refractivity contribution in [3.8, 4) is 11.5 Å². The zero-order valence-corrected chi connectivity index (χ0v) is 35.4. The van der Waals surface area contributed by atoms with Gasteiger partial charge in [-0.2, -0.15) is 0 Å². The fourth-order valence-corrected chi connectivity index (χ4v) is 7.97. The average Bonchev–Trinajstić information content (AvgIpc) is 3.58. The van der Waals surface area contributed by atoms with Gasteiger partial charge >= 0.3 is 19.5 Å². The van der Waals surface area contributed by atoms with E-state index in [1.807, 2.05) is 27.7 Å². The molecule has 3 aromatic rings. The Labute approximate surface area is 334 Å². The Morgan fingerprint density at radius 1 is 0.875 bits per heavy atom. The highest BCUT2D eigenvalue weighted by Gasteiger charge is 2.35. The number of benzene rings is 1. The van der Waals surface area contributed by atoms with Crippen LogP contribution in [-0.4, -0.2) is 56.6 Å². The smallest absolute Gasteiger partial charge is 0.342 e. The van der Waals surface area contributed by atoms with Gasteiger partial charge in [-0.15, -0.1) is 0 Å². The number of rotatable bonds is 30. The van der Waals surface area contributed by atoms with Gasteiger partial charge in [0.2, 0.25) is 0 Å². The van der Waals surface area contributed by atoms with Crippen molar-refractivity contribution in [3.05, 3.63) is 49.1 Å². The summed E-state index contributed by atoms with van der Waals surface area (Å²) in [7, 11) is -3.93. The third-order valence-electron chi connectivity index (χ3n) is 9.34. The van der Waals surface area contributed by atoms with Crippen LogP contribution in [-0.2, 0) is 30.2 Å². The van der Waals surface area contributed by atoms with Crippen LogP contribution >= 0.6 is 7.52 Å². The molecule has 2 aromatic heterocycles. The van der Waals surface area contributed by atoms with E-state index in [9.17, 15) is 14.2 Å². The van der Waals surface area contributed by atoms with Crippen LogP contribution in [0.15, 0.2) is 49.1 Å². The van der Waals surface area contributed by atoms with E-state index in [0.29, 0.717) is 30.6 Å². The number of fused-ring (bicyclic) bond motifs is 1. The number of unbranched alkanes of at least 4 members (excludes halogenated alkanes) is 12. The third kappa shape index (κ3) is 17.6. The molecular formula is C42H67N6O7P. The van der Waals surface area contributed by atoms with Crippen LogP contribution in [0, 0.1) is 5.92 Å². The van der Waals surface area contributed by atoms with Gasteiger partial charge in [-0.1, -0.05) is 104 Å². The molecule has 0 aliphatic heterocycles. The molecule has 56 heavy (non-hydrogen) atoms. The molecule has 312 valence electrons. The minimum absolute atomic E-state index is 0.193. The minimum Gasteiger partial charge on any atom is -0.465 e. The van der Waals surface area contributed by atoms with Crippen molar-refractivity contribution in [1.29, 1.82) is 0 Å². The summed E-state index contributed by atoms with van der Waals surface area (Å²) in [6, 6.07) is 5.51. The zero-order valence-electron chi connectivity index (χ0n) is 34.5. The van der Waals surface area contributed by atoms with Crippen LogP contribution in [0.5, 0.6) is 11.5 Å². The van der Waals surface area contributed by atoms with Crippen molar-refractivity contribution in [1.82, 2.24) is 24.6 Å². The summed E-state index contributed by atoms with van der Waals surface area (Å²) in [4.78, 5) is 38.4. The molecule has 14 heteroatoms. The number of allylic oxidation sites excluding steroid dienone is 2. The molecule has 0 aliphatic carbocycles. The van der Waals surface area contributed by atoms with E-state index in [1.54, 1.807) is 29.1 Å². The van der Waals surface area contributed by atoms with E-state index >= 15 is 0 Å². The van der Waals surface area contributed by atoms with E-state index in [-0.39, 0.29) is 42.2 Å². The lowest BCUT2D eigenvalue weighted by atomic mass is 10.1. The van der Waals surface area contributed by atoms with Crippen LogP contribution in [0.1, 0.15) is 137 Å². The van der Waals surface area contributed by atoms with E-state index in [1.165, 1.54) is 57.3 Å². The van der Waals surface area contributed by atoms with Crippen LogP contribution in [0.25, 0.3) is 11.2 Å². The van der Waals surface area contributed by atoms with Gasteiger partial charge in [-0.25, -0.2) is 20.0 Å². The van der Waals surface area contributed by atoms with Gasteiger partial charge in [0.1, 0.15) is 35.7 Å². The lowest BCUT2D eigenvalue weighted by molar-refractivity contribution is -0.147. The topological polar surface area (TPSA) is 170 Å². The number of esters is 2. The summed E-state index contributed by atoms with van der Waals surface area (Å²) in [5.74, 6) is -0.403. The molecule has 2 heterocycles. The van der Waals surface area contributed by atoms with Gasteiger partial charge in [0.25, 0.3) is 0 Å². The molecule has 0 radical (unpaired) electrons. The first kappa shape index (κ1) is 46.6. The van der Waals surface area contributed by atoms with Gasteiger partial charge in [-0.05, 0) is 63.5 Å². The van der Waals surface area contributed by atoms with Crippen molar-refractivity contribution in [2.45, 2.75) is 156 Å². The quantitative estimate of drug-likeness (QED) is 0.0215. The molecule has 0 amide bonds. The molecule has 0 fully saturated rings.